The maximum Gasteiger partial charge on any atom is 0.271 e. The minimum absolute atomic E-state index is 0.0453. The maximum atomic E-state index is 12.3. The second-order valence-electron chi connectivity index (χ2n) is 6.22. The molecule has 26 heavy (non-hydrogen) atoms. The number of hydrogen-bond acceptors (Lipinski definition) is 5. The number of nitro groups is 1. The van der Waals surface area contributed by atoms with E-state index in [1.165, 1.54) is 12.1 Å². The van der Waals surface area contributed by atoms with Gasteiger partial charge in [-0.2, -0.15) is 0 Å². The fourth-order valence-electron chi connectivity index (χ4n) is 2.54. The van der Waals surface area contributed by atoms with Crippen LogP contribution in [0.3, 0.4) is 0 Å². The van der Waals surface area contributed by atoms with E-state index in [0.29, 0.717) is 12.2 Å². The fourth-order valence-corrected chi connectivity index (χ4v) is 2.54. The van der Waals surface area contributed by atoms with Gasteiger partial charge in [-0.25, -0.2) is 0 Å². The monoisotopic (exact) mass is 356 g/mol. The number of anilines is 2. The number of likely N-dealkylation sites (N-methyl/N-ethyl adjacent to an activating group) is 1. The van der Waals surface area contributed by atoms with Gasteiger partial charge in [0.2, 0.25) is 5.91 Å². The highest BCUT2D eigenvalue weighted by atomic mass is 16.6. The topological polar surface area (TPSA) is 78.7 Å². The van der Waals surface area contributed by atoms with Crippen molar-refractivity contribution < 1.29 is 9.72 Å². The summed E-state index contributed by atoms with van der Waals surface area (Å²) < 4.78 is 0. The van der Waals surface area contributed by atoms with Crippen LogP contribution in [0.1, 0.15) is 12.5 Å². The maximum absolute atomic E-state index is 12.3. The molecule has 2 aromatic carbocycles. The summed E-state index contributed by atoms with van der Waals surface area (Å²) in [6, 6.07) is 14.1. The van der Waals surface area contributed by atoms with Crippen molar-refractivity contribution in [3.63, 3.8) is 0 Å². The van der Waals surface area contributed by atoms with Gasteiger partial charge in [0.25, 0.3) is 5.69 Å². The van der Waals surface area contributed by atoms with E-state index in [-0.39, 0.29) is 18.1 Å². The van der Waals surface area contributed by atoms with Crippen molar-refractivity contribution in [3.05, 3.63) is 64.2 Å². The average Bonchev–Trinajstić information content (AvgIpc) is 2.61. The van der Waals surface area contributed by atoms with Crippen molar-refractivity contribution in [1.29, 1.82) is 0 Å². The molecule has 0 radical (unpaired) electrons. The second-order valence-corrected chi connectivity index (χ2v) is 6.22. The van der Waals surface area contributed by atoms with Crippen molar-refractivity contribution in [1.82, 2.24) is 4.90 Å². The van der Waals surface area contributed by atoms with Crippen LogP contribution in [0.15, 0.2) is 48.5 Å². The Labute approximate surface area is 153 Å². The van der Waals surface area contributed by atoms with Crippen LogP contribution >= 0.6 is 0 Å². The third-order valence-corrected chi connectivity index (χ3v) is 4.01. The van der Waals surface area contributed by atoms with Crippen molar-refractivity contribution in [2.24, 2.45) is 0 Å². The number of rotatable bonds is 8. The molecule has 0 unspecified atom stereocenters. The van der Waals surface area contributed by atoms with Gasteiger partial charge in [0.15, 0.2) is 0 Å². The molecule has 0 saturated carbocycles. The lowest BCUT2D eigenvalue weighted by Gasteiger charge is -2.20. The molecule has 7 nitrogen and oxygen atoms in total. The highest BCUT2D eigenvalue weighted by molar-refractivity contribution is 5.92. The van der Waals surface area contributed by atoms with Crippen molar-refractivity contribution in [2.45, 2.75) is 13.5 Å². The van der Waals surface area contributed by atoms with Crippen LogP contribution in [-0.2, 0) is 11.3 Å². The molecule has 0 aliphatic heterocycles. The van der Waals surface area contributed by atoms with Gasteiger partial charge in [0, 0.05) is 44.1 Å². The first-order valence-corrected chi connectivity index (χ1v) is 8.42. The molecule has 0 heterocycles. The molecule has 0 atom stereocenters. The van der Waals surface area contributed by atoms with Crippen molar-refractivity contribution >= 4 is 23.0 Å². The van der Waals surface area contributed by atoms with E-state index in [2.05, 4.69) is 17.4 Å². The molecule has 1 N–H and O–H groups in total. The first-order chi connectivity index (χ1) is 12.4. The van der Waals surface area contributed by atoms with Crippen LogP contribution < -0.4 is 10.2 Å². The number of amides is 1. The Morgan fingerprint density at radius 2 is 1.85 bits per heavy atom. The number of nitro benzene ring substituents is 1. The summed E-state index contributed by atoms with van der Waals surface area (Å²) in [4.78, 5) is 26.6. The molecule has 7 heteroatoms. The zero-order valence-corrected chi connectivity index (χ0v) is 15.3. The highest BCUT2D eigenvalue weighted by Gasteiger charge is 2.12. The Hall–Kier alpha value is -2.93. The molecular formula is C19H24N4O3. The molecule has 0 aliphatic rings. The summed E-state index contributed by atoms with van der Waals surface area (Å²) in [6.45, 7) is 3.59. The molecular weight excluding hydrogens is 332 g/mol. The summed E-state index contributed by atoms with van der Waals surface area (Å²) in [5.41, 5.74) is 2.63. The van der Waals surface area contributed by atoms with Gasteiger partial charge in [0.05, 0.1) is 11.5 Å². The van der Waals surface area contributed by atoms with Gasteiger partial charge in [0.1, 0.15) is 0 Å². The number of carbonyl (C=O) groups excluding carboxylic acids is 1. The van der Waals surface area contributed by atoms with E-state index in [4.69, 9.17) is 0 Å². The lowest BCUT2D eigenvalue weighted by atomic mass is 10.2. The van der Waals surface area contributed by atoms with E-state index in [1.807, 2.05) is 43.0 Å². The van der Waals surface area contributed by atoms with Crippen LogP contribution in [0.4, 0.5) is 17.1 Å². The van der Waals surface area contributed by atoms with E-state index in [0.717, 1.165) is 17.8 Å². The molecule has 0 bridgehead atoms. The zero-order valence-electron chi connectivity index (χ0n) is 15.3. The summed E-state index contributed by atoms with van der Waals surface area (Å²) in [5, 5.41) is 13.5. The van der Waals surface area contributed by atoms with Gasteiger partial charge >= 0.3 is 0 Å². The number of nitrogens with zero attached hydrogens (tertiary/aromatic N) is 3. The molecule has 1 amide bonds. The zero-order chi connectivity index (χ0) is 19.1. The van der Waals surface area contributed by atoms with E-state index in [9.17, 15) is 14.9 Å². The smallest absolute Gasteiger partial charge is 0.271 e. The SMILES string of the molecule is CCN(CC(=O)Nc1cccc([N+](=O)[O-])c1)Cc1ccc(N(C)C)cc1. The number of carbonyl (C=O) groups is 1. The molecule has 138 valence electrons. The Morgan fingerprint density at radius 3 is 2.42 bits per heavy atom. The molecule has 2 aromatic rings. The van der Waals surface area contributed by atoms with Crippen LogP contribution in [-0.4, -0.2) is 42.9 Å². The van der Waals surface area contributed by atoms with Crippen LogP contribution in [0.2, 0.25) is 0 Å². The van der Waals surface area contributed by atoms with Crippen LogP contribution in [0, 0.1) is 10.1 Å². The van der Waals surface area contributed by atoms with Crippen LogP contribution in [0.5, 0.6) is 0 Å². The standard InChI is InChI=1S/C19H24N4O3/c1-4-22(13-15-8-10-17(11-9-15)21(2)3)14-19(24)20-16-6-5-7-18(12-16)23(25)26/h5-12H,4,13-14H2,1-3H3,(H,20,24). The Bertz CT molecular complexity index is 760. The molecule has 0 spiro atoms. The predicted octanol–water partition coefficient (Wildman–Crippen LogP) is 3.12. The minimum Gasteiger partial charge on any atom is -0.378 e. The van der Waals surface area contributed by atoms with Gasteiger partial charge in [-0.15, -0.1) is 0 Å². The number of nitrogens with one attached hydrogen (secondary N) is 1. The van der Waals surface area contributed by atoms with Gasteiger partial charge in [-0.3, -0.25) is 19.8 Å². The lowest BCUT2D eigenvalue weighted by Crippen LogP contribution is -2.32. The third-order valence-electron chi connectivity index (χ3n) is 4.01. The van der Waals surface area contributed by atoms with E-state index >= 15 is 0 Å². The second kappa shape index (κ2) is 8.96. The minimum atomic E-state index is -0.481. The number of benzene rings is 2. The molecule has 0 aliphatic carbocycles. The fraction of sp³-hybridized carbons (Fsp3) is 0.316. The highest BCUT2D eigenvalue weighted by Crippen LogP contribution is 2.17. The molecule has 0 fully saturated rings. The molecule has 0 aromatic heterocycles. The normalized spacial score (nSPS) is 10.6. The van der Waals surface area contributed by atoms with Crippen molar-refractivity contribution in [3.8, 4) is 0 Å². The van der Waals surface area contributed by atoms with E-state index < -0.39 is 4.92 Å². The van der Waals surface area contributed by atoms with Gasteiger partial charge in [-0.05, 0) is 30.3 Å². The lowest BCUT2D eigenvalue weighted by molar-refractivity contribution is -0.384. The molecule has 2 rings (SSSR count). The van der Waals surface area contributed by atoms with Gasteiger partial charge in [-0.1, -0.05) is 25.1 Å². The number of hydrogen-bond donors (Lipinski definition) is 1. The first kappa shape index (κ1) is 19.4. The largest absolute Gasteiger partial charge is 0.378 e. The van der Waals surface area contributed by atoms with Gasteiger partial charge < -0.3 is 10.2 Å². The summed E-state index contributed by atoms with van der Waals surface area (Å²) in [7, 11) is 3.98. The number of non-ortho nitro benzene ring substituents is 1. The first-order valence-electron chi connectivity index (χ1n) is 8.42. The Morgan fingerprint density at radius 1 is 1.15 bits per heavy atom. The quantitative estimate of drug-likeness (QED) is 0.581. The average molecular weight is 356 g/mol. The predicted molar refractivity (Wildman–Crippen MR) is 103 cm³/mol. The van der Waals surface area contributed by atoms with E-state index in [1.54, 1.807) is 12.1 Å². The Balaban J connectivity index is 1.95. The summed E-state index contributed by atoms with van der Waals surface area (Å²) >= 11 is 0. The van der Waals surface area contributed by atoms with Crippen LogP contribution in [0.25, 0.3) is 0 Å². The third kappa shape index (κ3) is 5.56. The van der Waals surface area contributed by atoms with Crippen molar-refractivity contribution in [2.75, 3.05) is 37.4 Å². The summed E-state index contributed by atoms with van der Waals surface area (Å²) in [5.74, 6) is -0.197. The Kier molecular flexibility index (Phi) is 6.68. The summed E-state index contributed by atoms with van der Waals surface area (Å²) in [6.07, 6.45) is 0. The molecule has 0 saturated heterocycles.